The number of rotatable bonds is 6. The normalized spacial score (nSPS) is 13.9. The summed E-state index contributed by atoms with van der Waals surface area (Å²) in [6.07, 6.45) is -2.06. The van der Waals surface area contributed by atoms with E-state index in [1.54, 1.807) is 12.1 Å². The number of carboxylic acids is 1. The number of carbonyl (C=O) groups excluding carboxylic acids is 1. The third kappa shape index (κ3) is 5.51. The zero-order valence-corrected chi connectivity index (χ0v) is 20.2. The Morgan fingerprint density at radius 2 is 1.86 bits per heavy atom. The van der Waals surface area contributed by atoms with Gasteiger partial charge in [0.1, 0.15) is 18.2 Å². The van der Waals surface area contributed by atoms with Gasteiger partial charge in [-0.3, -0.25) is 4.98 Å². The van der Waals surface area contributed by atoms with Crippen LogP contribution in [0.4, 0.5) is 17.6 Å². The van der Waals surface area contributed by atoms with Crippen molar-refractivity contribution in [2.45, 2.75) is 32.0 Å². The quantitative estimate of drug-likeness (QED) is 0.310. The minimum absolute atomic E-state index is 0.0625. The Kier molecular flexibility index (Phi) is 7.19. The van der Waals surface area contributed by atoms with Crippen LogP contribution in [-0.2, 0) is 12.8 Å². The van der Waals surface area contributed by atoms with Crippen molar-refractivity contribution in [1.29, 1.82) is 0 Å². The zero-order chi connectivity index (χ0) is 25.3. The van der Waals surface area contributed by atoms with Crippen LogP contribution in [0.2, 0.25) is 5.02 Å². The van der Waals surface area contributed by atoms with Gasteiger partial charge < -0.3 is 14.6 Å². The number of halogens is 6. The van der Waals surface area contributed by atoms with Gasteiger partial charge in [0.25, 0.3) is 0 Å². The number of alkyl halides is 3. The second kappa shape index (κ2) is 9.99. The molecule has 35 heavy (non-hydrogen) atoms. The van der Waals surface area contributed by atoms with Gasteiger partial charge in [-0.25, -0.2) is 4.39 Å². The van der Waals surface area contributed by atoms with Crippen molar-refractivity contribution in [3.05, 3.63) is 91.9 Å². The van der Waals surface area contributed by atoms with Crippen LogP contribution in [-0.4, -0.2) is 11.0 Å². The fourth-order valence-corrected chi connectivity index (χ4v) is 4.61. The summed E-state index contributed by atoms with van der Waals surface area (Å²) in [4.78, 5) is 14.8. The summed E-state index contributed by atoms with van der Waals surface area (Å²) in [6, 6.07) is 10.3. The molecule has 1 aliphatic rings. The molecule has 0 N–H and O–H groups in total. The van der Waals surface area contributed by atoms with Crippen molar-refractivity contribution in [2.75, 3.05) is 0 Å². The van der Waals surface area contributed by atoms with E-state index in [-0.39, 0.29) is 17.2 Å². The molecule has 0 amide bonds. The third-order valence-electron chi connectivity index (χ3n) is 5.61. The molecule has 1 aliphatic carbocycles. The van der Waals surface area contributed by atoms with Gasteiger partial charge in [0.05, 0.1) is 11.0 Å². The van der Waals surface area contributed by atoms with Crippen LogP contribution in [0, 0.1) is 5.82 Å². The van der Waals surface area contributed by atoms with E-state index in [0.29, 0.717) is 41.7 Å². The Hall–Kier alpha value is -2.91. The lowest BCUT2D eigenvalue weighted by Gasteiger charge is -2.17. The molecule has 2 aromatic carbocycles. The summed E-state index contributed by atoms with van der Waals surface area (Å²) >= 11 is 9.53. The SMILES string of the molecule is O=C([O-])c1cc(C2=C(c3cc(Br)ccc3OCc3ccc(F)cc3Cl)CCC2)cnc1C(F)(F)F. The largest absolute Gasteiger partial charge is 0.545 e. The molecule has 0 bridgehead atoms. The van der Waals surface area contributed by atoms with Crippen molar-refractivity contribution in [3.8, 4) is 5.75 Å². The Morgan fingerprint density at radius 1 is 1.11 bits per heavy atom. The zero-order valence-electron chi connectivity index (χ0n) is 17.9. The third-order valence-corrected chi connectivity index (χ3v) is 6.45. The summed E-state index contributed by atoms with van der Waals surface area (Å²) in [6.45, 7) is 0.0625. The van der Waals surface area contributed by atoms with Crippen LogP contribution in [0.25, 0.3) is 11.1 Å². The number of allylic oxidation sites excluding steroid dienone is 2. The van der Waals surface area contributed by atoms with Gasteiger partial charge >= 0.3 is 6.18 Å². The van der Waals surface area contributed by atoms with E-state index in [1.807, 2.05) is 6.07 Å². The van der Waals surface area contributed by atoms with Crippen LogP contribution in [0.15, 0.2) is 53.1 Å². The van der Waals surface area contributed by atoms with Gasteiger partial charge in [0.15, 0.2) is 5.69 Å². The van der Waals surface area contributed by atoms with Crippen LogP contribution in [0.3, 0.4) is 0 Å². The Morgan fingerprint density at radius 3 is 2.54 bits per heavy atom. The molecule has 0 aliphatic heterocycles. The van der Waals surface area contributed by atoms with E-state index < -0.39 is 29.2 Å². The topological polar surface area (TPSA) is 62.2 Å². The first-order chi connectivity index (χ1) is 16.5. The first kappa shape index (κ1) is 25.2. The van der Waals surface area contributed by atoms with Gasteiger partial charge in [0, 0.05) is 27.4 Å². The van der Waals surface area contributed by atoms with Crippen molar-refractivity contribution in [2.24, 2.45) is 0 Å². The minimum Gasteiger partial charge on any atom is -0.545 e. The summed E-state index contributed by atoms with van der Waals surface area (Å²) in [5, 5.41) is 11.6. The average molecular weight is 570 g/mol. The first-order valence-electron chi connectivity index (χ1n) is 10.4. The van der Waals surface area contributed by atoms with Crippen LogP contribution >= 0.6 is 27.5 Å². The molecule has 1 heterocycles. The second-order valence-electron chi connectivity index (χ2n) is 7.88. The molecular formula is C25H16BrClF4NO3-. The maximum atomic E-state index is 13.4. The van der Waals surface area contributed by atoms with Crippen LogP contribution in [0.5, 0.6) is 5.75 Å². The summed E-state index contributed by atoms with van der Waals surface area (Å²) in [5.41, 5.74) is 0.522. The summed E-state index contributed by atoms with van der Waals surface area (Å²) < 4.78 is 59.7. The van der Waals surface area contributed by atoms with Crippen molar-refractivity contribution >= 4 is 44.6 Å². The van der Waals surface area contributed by atoms with E-state index in [4.69, 9.17) is 16.3 Å². The molecule has 1 aromatic heterocycles. The molecule has 4 rings (SSSR count). The van der Waals surface area contributed by atoms with Gasteiger partial charge in [-0.1, -0.05) is 33.6 Å². The molecule has 0 spiro atoms. The lowest BCUT2D eigenvalue weighted by Crippen LogP contribution is -2.27. The molecule has 182 valence electrons. The molecule has 0 saturated carbocycles. The van der Waals surface area contributed by atoms with Crippen LogP contribution < -0.4 is 9.84 Å². The smallest absolute Gasteiger partial charge is 0.433 e. The molecule has 0 fully saturated rings. The lowest BCUT2D eigenvalue weighted by molar-refractivity contribution is -0.255. The predicted octanol–water partition coefficient (Wildman–Crippen LogP) is 6.69. The molecule has 4 nitrogen and oxygen atoms in total. The minimum atomic E-state index is -4.92. The van der Waals surface area contributed by atoms with Gasteiger partial charge in [-0.2, -0.15) is 13.2 Å². The molecule has 0 radical (unpaired) electrons. The first-order valence-corrected chi connectivity index (χ1v) is 11.6. The van der Waals surface area contributed by atoms with Gasteiger partial charge in [-0.05, 0) is 72.4 Å². The highest BCUT2D eigenvalue weighted by molar-refractivity contribution is 9.10. The molecule has 3 aromatic rings. The fourth-order valence-electron chi connectivity index (χ4n) is 4.03. The van der Waals surface area contributed by atoms with E-state index in [1.165, 1.54) is 18.2 Å². The molecular weight excluding hydrogens is 554 g/mol. The van der Waals surface area contributed by atoms with E-state index in [9.17, 15) is 27.5 Å². The fraction of sp³-hybridized carbons (Fsp3) is 0.200. The van der Waals surface area contributed by atoms with E-state index in [2.05, 4.69) is 20.9 Å². The van der Waals surface area contributed by atoms with E-state index in [0.717, 1.165) is 22.3 Å². The van der Waals surface area contributed by atoms with Crippen molar-refractivity contribution in [1.82, 2.24) is 4.98 Å². The van der Waals surface area contributed by atoms with Crippen molar-refractivity contribution in [3.63, 3.8) is 0 Å². The molecule has 0 saturated heterocycles. The average Bonchev–Trinajstić information content (AvgIpc) is 3.28. The van der Waals surface area contributed by atoms with Crippen molar-refractivity contribution < 1.29 is 32.2 Å². The number of pyridine rings is 1. The second-order valence-corrected chi connectivity index (χ2v) is 9.20. The summed E-state index contributed by atoms with van der Waals surface area (Å²) in [5.74, 6) is -1.93. The monoisotopic (exact) mass is 568 g/mol. The number of hydrogen-bond donors (Lipinski definition) is 0. The molecule has 0 unspecified atom stereocenters. The predicted molar refractivity (Wildman–Crippen MR) is 124 cm³/mol. The van der Waals surface area contributed by atoms with Gasteiger partial charge in [-0.15, -0.1) is 0 Å². The van der Waals surface area contributed by atoms with Crippen LogP contribution in [0.1, 0.15) is 52.0 Å². The number of ether oxygens (including phenoxy) is 1. The maximum Gasteiger partial charge on any atom is 0.433 e. The maximum absolute atomic E-state index is 13.4. The highest BCUT2D eigenvalue weighted by atomic mass is 79.9. The Bertz CT molecular complexity index is 1340. The van der Waals surface area contributed by atoms with E-state index >= 15 is 0 Å². The molecule has 10 heteroatoms. The highest BCUT2D eigenvalue weighted by Crippen LogP contribution is 2.44. The highest BCUT2D eigenvalue weighted by Gasteiger charge is 2.36. The number of hydrogen-bond acceptors (Lipinski definition) is 4. The van der Waals surface area contributed by atoms with Gasteiger partial charge in [0.2, 0.25) is 0 Å². The number of aromatic carboxylic acids is 1. The Balaban J connectivity index is 1.75. The number of carboxylic acid groups (broad SMARTS) is 1. The number of nitrogens with zero attached hydrogens (tertiary/aromatic N) is 1. The number of benzene rings is 2. The number of aromatic nitrogens is 1. The summed E-state index contributed by atoms with van der Waals surface area (Å²) in [7, 11) is 0. The Labute approximate surface area is 211 Å². The standard InChI is InChI=1S/C25H17BrClF4NO3/c26-15-5-7-22(35-12-13-4-6-16(28)10-21(13)27)19(9-15)18-3-1-2-17(18)14-8-20(24(33)34)23(32-11-14)25(29,30)31/h4-11H,1-3,12H2,(H,33,34)/p-1. The lowest BCUT2D eigenvalue weighted by atomic mass is 9.96. The number of carbonyl (C=O) groups is 1. The molecule has 0 atom stereocenters.